The molecule has 1 fully saturated rings. The van der Waals surface area contributed by atoms with Crippen LogP contribution in [0.25, 0.3) is 11.2 Å². The Hall–Kier alpha value is -1.63. The fourth-order valence-electron chi connectivity index (χ4n) is 2.35. The Morgan fingerprint density at radius 2 is 2.11 bits per heavy atom. The molecule has 2 N–H and O–H groups in total. The van der Waals surface area contributed by atoms with Crippen molar-refractivity contribution < 1.29 is 4.79 Å². The standard InChI is InChI=1S/C12H15N5OS/c18-12(17-8-4-2-1-3-5-8)19-11-9-10(14-6-13-9)15-7-16-11/h6-8H,1-5H2,(H,17,18)(H,13,14,15,16). The largest absolute Gasteiger partial charge is 0.344 e. The Bertz CT molecular complexity index is 578. The van der Waals surface area contributed by atoms with Crippen LogP contribution >= 0.6 is 11.8 Å². The minimum atomic E-state index is -0.0542. The molecule has 0 aliphatic heterocycles. The summed E-state index contributed by atoms with van der Waals surface area (Å²) in [5, 5.41) is 3.62. The highest BCUT2D eigenvalue weighted by Crippen LogP contribution is 2.24. The Morgan fingerprint density at radius 3 is 2.95 bits per heavy atom. The average molecular weight is 277 g/mol. The number of nitrogens with zero attached hydrogens (tertiary/aromatic N) is 3. The number of aromatic nitrogens is 4. The van der Waals surface area contributed by atoms with Crippen molar-refractivity contribution in [3.05, 3.63) is 12.7 Å². The van der Waals surface area contributed by atoms with Crippen LogP contribution in [-0.2, 0) is 0 Å². The molecule has 0 bridgehead atoms. The SMILES string of the molecule is O=C(NC1CCCCC1)Sc1ncnc2nc[nH]c12. The van der Waals surface area contributed by atoms with Crippen LogP contribution in [0.2, 0.25) is 0 Å². The number of H-pyrrole nitrogens is 1. The van der Waals surface area contributed by atoms with Gasteiger partial charge in [-0.15, -0.1) is 0 Å². The van der Waals surface area contributed by atoms with Gasteiger partial charge in [-0.1, -0.05) is 19.3 Å². The second-order valence-corrected chi connectivity index (χ2v) is 5.61. The number of hydrogen-bond donors (Lipinski definition) is 2. The maximum Gasteiger partial charge on any atom is 0.285 e. The van der Waals surface area contributed by atoms with E-state index in [9.17, 15) is 4.79 Å². The fraction of sp³-hybridized carbons (Fsp3) is 0.500. The first kappa shape index (κ1) is 12.4. The molecule has 19 heavy (non-hydrogen) atoms. The molecule has 0 aromatic carbocycles. The lowest BCUT2D eigenvalue weighted by Crippen LogP contribution is -2.33. The average Bonchev–Trinajstić information content (AvgIpc) is 2.89. The Morgan fingerprint density at radius 1 is 1.26 bits per heavy atom. The van der Waals surface area contributed by atoms with Crippen molar-refractivity contribution in [3.8, 4) is 0 Å². The molecule has 3 rings (SSSR count). The zero-order valence-corrected chi connectivity index (χ0v) is 11.2. The van der Waals surface area contributed by atoms with Gasteiger partial charge in [-0.2, -0.15) is 0 Å². The minimum absolute atomic E-state index is 0.0542. The van der Waals surface area contributed by atoms with Gasteiger partial charge in [0.25, 0.3) is 5.24 Å². The molecular formula is C12H15N5OS. The van der Waals surface area contributed by atoms with Crippen molar-refractivity contribution in [2.45, 2.75) is 43.2 Å². The fourth-order valence-corrected chi connectivity index (χ4v) is 3.10. The van der Waals surface area contributed by atoms with Gasteiger partial charge in [0.1, 0.15) is 16.9 Å². The lowest BCUT2D eigenvalue weighted by Gasteiger charge is -2.22. The minimum Gasteiger partial charge on any atom is -0.344 e. The number of aromatic amines is 1. The Balaban J connectivity index is 1.67. The zero-order chi connectivity index (χ0) is 13.1. The van der Waals surface area contributed by atoms with Crippen LogP contribution in [0.4, 0.5) is 4.79 Å². The molecule has 1 amide bonds. The van der Waals surface area contributed by atoms with E-state index in [1.165, 1.54) is 25.6 Å². The Kier molecular flexibility index (Phi) is 3.63. The van der Waals surface area contributed by atoms with Crippen molar-refractivity contribution in [1.82, 2.24) is 25.3 Å². The van der Waals surface area contributed by atoms with Crippen LogP contribution in [0, 0.1) is 0 Å². The summed E-state index contributed by atoms with van der Waals surface area (Å²) in [7, 11) is 0. The first-order chi connectivity index (χ1) is 9.33. The van der Waals surface area contributed by atoms with E-state index in [-0.39, 0.29) is 5.24 Å². The molecule has 100 valence electrons. The van der Waals surface area contributed by atoms with Gasteiger partial charge in [0, 0.05) is 6.04 Å². The molecule has 0 saturated heterocycles. The van der Waals surface area contributed by atoms with Crippen LogP contribution in [0.5, 0.6) is 0 Å². The van der Waals surface area contributed by atoms with Gasteiger partial charge in [-0.25, -0.2) is 15.0 Å². The summed E-state index contributed by atoms with van der Waals surface area (Å²) in [5.74, 6) is 0. The molecule has 1 aliphatic carbocycles. The molecule has 1 aliphatic rings. The normalized spacial score (nSPS) is 16.6. The van der Waals surface area contributed by atoms with Crippen molar-refractivity contribution in [2.75, 3.05) is 0 Å². The first-order valence-electron chi connectivity index (χ1n) is 6.45. The number of thioether (sulfide) groups is 1. The van der Waals surface area contributed by atoms with Crippen LogP contribution in [-0.4, -0.2) is 31.2 Å². The second-order valence-electron chi connectivity index (χ2n) is 4.65. The van der Waals surface area contributed by atoms with Crippen LogP contribution in [0.3, 0.4) is 0 Å². The van der Waals surface area contributed by atoms with Crippen LogP contribution in [0.1, 0.15) is 32.1 Å². The highest BCUT2D eigenvalue weighted by molar-refractivity contribution is 8.13. The maximum absolute atomic E-state index is 12.0. The molecule has 2 heterocycles. The Labute approximate surface area is 114 Å². The number of fused-ring (bicyclic) bond motifs is 1. The molecule has 0 spiro atoms. The van der Waals surface area contributed by atoms with Crippen molar-refractivity contribution in [2.24, 2.45) is 0 Å². The number of carbonyl (C=O) groups excluding carboxylic acids is 1. The van der Waals surface area contributed by atoms with Crippen LogP contribution in [0.15, 0.2) is 17.7 Å². The third-order valence-corrected chi connectivity index (χ3v) is 4.11. The smallest absolute Gasteiger partial charge is 0.285 e. The van der Waals surface area contributed by atoms with E-state index in [0.717, 1.165) is 24.6 Å². The van der Waals surface area contributed by atoms with Gasteiger partial charge in [-0.05, 0) is 24.6 Å². The first-order valence-corrected chi connectivity index (χ1v) is 7.27. The molecule has 7 heteroatoms. The van der Waals surface area contributed by atoms with Crippen molar-refractivity contribution in [3.63, 3.8) is 0 Å². The molecule has 0 atom stereocenters. The molecular weight excluding hydrogens is 262 g/mol. The summed E-state index contributed by atoms with van der Waals surface area (Å²) >= 11 is 1.10. The molecule has 2 aromatic rings. The number of amides is 1. The van der Waals surface area contributed by atoms with E-state index in [4.69, 9.17) is 0 Å². The van der Waals surface area contributed by atoms with E-state index in [1.807, 2.05) is 0 Å². The number of rotatable bonds is 2. The summed E-state index contributed by atoms with van der Waals surface area (Å²) in [6, 6.07) is 0.313. The highest BCUT2D eigenvalue weighted by Gasteiger charge is 2.18. The monoisotopic (exact) mass is 277 g/mol. The third-order valence-electron chi connectivity index (χ3n) is 3.30. The molecule has 0 radical (unpaired) electrons. The lowest BCUT2D eigenvalue weighted by molar-refractivity contribution is 0.253. The number of nitrogens with one attached hydrogen (secondary N) is 2. The van der Waals surface area contributed by atoms with E-state index < -0.39 is 0 Å². The van der Waals surface area contributed by atoms with E-state index in [1.54, 1.807) is 6.33 Å². The summed E-state index contributed by atoms with van der Waals surface area (Å²) in [6.45, 7) is 0. The summed E-state index contributed by atoms with van der Waals surface area (Å²) in [5.41, 5.74) is 1.30. The predicted molar refractivity (Wildman–Crippen MR) is 72.9 cm³/mol. The highest BCUT2D eigenvalue weighted by atomic mass is 32.2. The lowest BCUT2D eigenvalue weighted by atomic mass is 9.96. The molecule has 0 unspecified atom stereocenters. The summed E-state index contributed by atoms with van der Waals surface area (Å²) < 4.78 is 0. The van der Waals surface area contributed by atoms with Crippen molar-refractivity contribution >= 4 is 28.2 Å². The zero-order valence-electron chi connectivity index (χ0n) is 10.4. The van der Waals surface area contributed by atoms with E-state index >= 15 is 0 Å². The second kappa shape index (κ2) is 5.56. The summed E-state index contributed by atoms with van der Waals surface area (Å²) in [4.78, 5) is 27.2. The topological polar surface area (TPSA) is 83.6 Å². The number of carbonyl (C=O) groups is 1. The molecule has 2 aromatic heterocycles. The predicted octanol–water partition coefficient (Wildman–Crippen LogP) is 2.49. The van der Waals surface area contributed by atoms with Gasteiger partial charge < -0.3 is 10.3 Å². The number of imidazole rings is 1. The van der Waals surface area contributed by atoms with Gasteiger partial charge in [0.05, 0.1) is 6.33 Å². The van der Waals surface area contributed by atoms with Gasteiger partial charge in [-0.3, -0.25) is 4.79 Å². The van der Waals surface area contributed by atoms with Gasteiger partial charge >= 0.3 is 0 Å². The van der Waals surface area contributed by atoms with E-state index in [2.05, 4.69) is 25.3 Å². The van der Waals surface area contributed by atoms with E-state index in [0.29, 0.717) is 22.2 Å². The maximum atomic E-state index is 12.0. The summed E-state index contributed by atoms with van der Waals surface area (Å²) in [6.07, 6.45) is 8.83. The van der Waals surface area contributed by atoms with Crippen molar-refractivity contribution in [1.29, 1.82) is 0 Å². The van der Waals surface area contributed by atoms with Crippen LogP contribution < -0.4 is 5.32 Å². The van der Waals surface area contributed by atoms with Gasteiger partial charge in [0.15, 0.2) is 5.65 Å². The quantitative estimate of drug-likeness (QED) is 0.651. The third kappa shape index (κ3) is 2.86. The van der Waals surface area contributed by atoms with Gasteiger partial charge in [0.2, 0.25) is 0 Å². The molecule has 1 saturated carbocycles. The number of hydrogen-bond acceptors (Lipinski definition) is 5. The molecule has 6 nitrogen and oxygen atoms in total.